The van der Waals surface area contributed by atoms with Gasteiger partial charge in [0.15, 0.2) is 8.32 Å². The SMILES string of the molecule is COC(=O)c1ccc(N(CCO[Si](C)(C)C(C)(C)C)C(=O)c2cc3c(s2)-c2c(C)cccc2OCC3)c(Cl)c1. The number of carbonyl (C=O) groups is 2. The van der Waals surface area contributed by atoms with Crippen LogP contribution in [0.15, 0.2) is 42.5 Å². The lowest BCUT2D eigenvalue weighted by Gasteiger charge is -2.37. The fourth-order valence-corrected chi connectivity index (χ4v) is 6.89. The van der Waals surface area contributed by atoms with Crippen LogP contribution in [0, 0.1) is 6.92 Å². The summed E-state index contributed by atoms with van der Waals surface area (Å²) in [5, 5.41) is 0.339. The molecule has 0 bridgehead atoms. The number of nitrogens with zero attached hydrogens (tertiary/aromatic N) is 1. The van der Waals surface area contributed by atoms with Gasteiger partial charge in [-0.3, -0.25) is 4.79 Å². The van der Waals surface area contributed by atoms with Crippen LogP contribution in [0.3, 0.4) is 0 Å². The van der Waals surface area contributed by atoms with Crippen molar-refractivity contribution < 1.29 is 23.5 Å². The number of hydrogen-bond donors (Lipinski definition) is 0. The predicted octanol–water partition coefficient (Wildman–Crippen LogP) is 7.77. The molecule has 0 radical (unpaired) electrons. The van der Waals surface area contributed by atoms with Crippen molar-refractivity contribution in [2.75, 3.05) is 31.8 Å². The monoisotopic (exact) mass is 585 g/mol. The molecule has 0 spiro atoms. The van der Waals surface area contributed by atoms with Gasteiger partial charge < -0.3 is 18.8 Å². The van der Waals surface area contributed by atoms with Crippen LogP contribution in [0.5, 0.6) is 5.75 Å². The average molecular weight is 586 g/mol. The highest BCUT2D eigenvalue weighted by Gasteiger charge is 2.37. The average Bonchev–Trinajstić information content (AvgIpc) is 3.20. The summed E-state index contributed by atoms with van der Waals surface area (Å²) in [5.41, 5.74) is 4.10. The number of methoxy groups -OCH3 is 1. The van der Waals surface area contributed by atoms with E-state index in [-0.39, 0.29) is 10.9 Å². The van der Waals surface area contributed by atoms with Gasteiger partial charge in [0.25, 0.3) is 5.91 Å². The lowest BCUT2D eigenvalue weighted by Crippen LogP contribution is -2.43. The van der Waals surface area contributed by atoms with E-state index in [0.29, 0.717) is 40.9 Å². The summed E-state index contributed by atoms with van der Waals surface area (Å²) in [5.74, 6) is 0.201. The lowest BCUT2D eigenvalue weighted by molar-refractivity contribution is 0.0600. The van der Waals surface area contributed by atoms with Gasteiger partial charge in [-0.2, -0.15) is 0 Å². The third kappa shape index (κ3) is 6.09. The van der Waals surface area contributed by atoms with E-state index in [1.54, 1.807) is 17.0 Å². The zero-order chi connectivity index (χ0) is 28.5. The second-order valence-electron chi connectivity index (χ2n) is 11.2. The number of hydrogen-bond acceptors (Lipinski definition) is 6. The molecule has 0 saturated heterocycles. The molecule has 9 heteroatoms. The molecule has 0 N–H and O–H groups in total. The first-order chi connectivity index (χ1) is 18.3. The van der Waals surface area contributed by atoms with Crippen molar-refractivity contribution in [2.45, 2.75) is 52.2 Å². The topological polar surface area (TPSA) is 65.1 Å². The number of carbonyl (C=O) groups excluding carboxylic acids is 2. The maximum atomic E-state index is 14.1. The number of fused-ring (bicyclic) bond motifs is 3. The summed E-state index contributed by atoms with van der Waals surface area (Å²) in [6.07, 6.45) is 0.719. The van der Waals surface area contributed by atoms with Gasteiger partial charge in [0, 0.05) is 23.4 Å². The largest absolute Gasteiger partial charge is 0.493 e. The number of esters is 1. The number of benzene rings is 2. The normalized spacial score (nSPS) is 13.1. The Morgan fingerprint density at radius 3 is 2.56 bits per heavy atom. The molecule has 6 nitrogen and oxygen atoms in total. The summed E-state index contributed by atoms with van der Waals surface area (Å²) >= 11 is 8.14. The predicted molar refractivity (Wildman–Crippen MR) is 161 cm³/mol. The standard InChI is InChI=1S/C30H36ClNO5SSi/c1-19-9-8-10-24-26(19)27-20(13-15-36-24)18-25(38-27)28(33)32(14-16-37-39(6,7)30(2,3)4)23-12-11-21(17-22(23)31)29(34)35-5/h8-12,17-18H,13-16H2,1-7H3. The first-order valence-electron chi connectivity index (χ1n) is 13.0. The summed E-state index contributed by atoms with van der Waals surface area (Å²) in [6, 6.07) is 12.9. The molecular formula is C30H36ClNO5SSi. The molecule has 0 atom stereocenters. The van der Waals surface area contributed by atoms with Gasteiger partial charge in [0.1, 0.15) is 5.75 Å². The van der Waals surface area contributed by atoms with Crippen molar-refractivity contribution in [3.63, 3.8) is 0 Å². The molecule has 0 saturated carbocycles. The van der Waals surface area contributed by atoms with Crippen molar-refractivity contribution in [2.24, 2.45) is 0 Å². The van der Waals surface area contributed by atoms with Gasteiger partial charge in [0.05, 0.1) is 41.5 Å². The van der Waals surface area contributed by atoms with Crippen LogP contribution >= 0.6 is 22.9 Å². The molecule has 3 aromatic rings. The summed E-state index contributed by atoms with van der Waals surface area (Å²) in [7, 11) is -0.709. The highest BCUT2D eigenvalue weighted by molar-refractivity contribution is 7.17. The van der Waals surface area contributed by atoms with Gasteiger partial charge in [0.2, 0.25) is 0 Å². The zero-order valence-electron chi connectivity index (χ0n) is 23.6. The van der Waals surface area contributed by atoms with Crippen LogP contribution in [-0.4, -0.2) is 47.1 Å². The smallest absolute Gasteiger partial charge is 0.337 e. The highest BCUT2D eigenvalue weighted by Crippen LogP contribution is 2.43. The number of amides is 1. The second kappa shape index (κ2) is 11.5. The number of halogens is 1. The zero-order valence-corrected chi connectivity index (χ0v) is 26.2. The van der Waals surface area contributed by atoms with Gasteiger partial charge >= 0.3 is 5.97 Å². The second-order valence-corrected chi connectivity index (χ2v) is 17.5. The molecule has 1 aliphatic heterocycles. The minimum atomic E-state index is -2.03. The summed E-state index contributed by atoms with van der Waals surface area (Å²) in [6.45, 7) is 14.3. The van der Waals surface area contributed by atoms with Crippen LogP contribution in [-0.2, 0) is 15.6 Å². The number of thiophene rings is 1. The third-order valence-corrected chi connectivity index (χ3v) is 13.6. The Morgan fingerprint density at radius 2 is 1.90 bits per heavy atom. The van der Waals surface area contributed by atoms with Crippen molar-refractivity contribution in [3.05, 3.63) is 69.1 Å². The Balaban J connectivity index is 1.71. The maximum Gasteiger partial charge on any atom is 0.337 e. The maximum absolute atomic E-state index is 14.1. The highest BCUT2D eigenvalue weighted by atomic mass is 35.5. The fraction of sp³-hybridized carbons (Fsp3) is 0.400. The Hall–Kier alpha value is -2.65. The molecule has 0 unspecified atom stereocenters. The van der Waals surface area contributed by atoms with Crippen LogP contribution < -0.4 is 9.64 Å². The summed E-state index contributed by atoms with van der Waals surface area (Å²) < 4.78 is 17.3. The first kappa shape index (κ1) is 29.3. The van der Waals surface area contributed by atoms with Gasteiger partial charge in [-0.15, -0.1) is 11.3 Å². The third-order valence-electron chi connectivity index (χ3n) is 7.60. The minimum Gasteiger partial charge on any atom is -0.493 e. The lowest BCUT2D eigenvalue weighted by atomic mass is 10.0. The molecule has 1 amide bonds. The van der Waals surface area contributed by atoms with E-state index in [4.69, 9.17) is 25.5 Å². The molecule has 4 rings (SSSR count). The Bertz CT molecular complexity index is 1390. The number of ether oxygens (including phenoxy) is 2. The van der Waals surface area contributed by atoms with Crippen molar-refractivity contribution >= 4 is 48.8 Å². The van der Waals surface area contributed by atoms with Gasteiger partial charge in [-0.1, -0.05) is 44.5 Å². The molecule has 2 aromatic carbocycles. The fourth-order valence-electron chi connectivity index (χ4n) is 4.30. The molecule has 1 aliphatic rings. The van der Waals surface area contributed by atoms with Crippen molar-refractivity contribution in [3.8, 4) is 16.2 Å². The van der Waals surface area contributed by atoms with E-state index < -0.39 is 14.3 Å². The van der Waals surface area contributed by atoms with Crippen LogP contribution in [0.25, 0.3) is 10.4 Å². The van der Waals surface area contributed by atoms with E-state index >= 15 is 0 Å². The molecule has 2 heterocycles. The number of aryl methyl sites for hydroxylation is 1. The molecule has 0 aliphatic carbocycles. The van der Waals surface area contributed by atoms with Crippen LogP contribution in [0.1, 0.15) is 51.9 Å². The molecule has 208 valence electrons. The van der Waals surface area contributed by atoms with Crippen molar-refractivity contribution in [1.29, 1.82) is 0 Å². The van der Waals surface area contributed by atoms with E-state index in [2.05, 4.69) is 46.9 Å². The van der Waals surface area contributed by atoms with E-state index in [9.17, 15) is 9.59 Å². The van der Waals surface area contributed by atoms with E-state index in [1.165, 1.54) is 24.5 Å². The first-order valence-corrected chi connectivity index (χ1v) is 17.1. The van der Waals surface area contributed by atoms with E-state index in [1.807, 2.05) is 18.2 Å². The van der Waals surface area contributed by atoms with Gasteiger partial charge in [-0.25, -0.2) is 4.79 Å². The van der Waals surface area contributed by atoms with Crippen LogP contribution in [0.4, 0.5) is 5.69 Å². The van der Waals surface area contributed by atoms with Crippen LogP contribution in [0.2, 0.25) is 23.2 Å². The van der Waals surface area contributed by atoms with E-state index in [0.717, 1.165) is 33.7 Å². The minimum absolute atomic E-state index is 0.0419. The Labute approximate surface area is 241 Å². The molecule has 39 heavy (non-hydrogen) atoms. The summed E-state index contributed by atoms with van der Waals surface area (Å²) in [4.78, 5) is 29.5. The van der Waals surface area contributed by atoms with Gasteiger partial charge in [-0.05, 0) is 66.5 Å². The Kier molecular flexibility index (Phi) is 8.61. The number of anilines is 1. The Morgan fingerprint density at radius 1 is 1.15 bits per heavy atom. The number of rotatable bonds is 7. The quantitative estimate of drug-likeness (QED) is 0.209. The van der Waals surface area contributed by atoms with Crippen molar-refractivity contribution in [1.82, 2.24) is 0 Å². The molecule has 0 fully saturated rings. The molecular weight excluding hydrogens is 550 g/mol. The molecule has 1 aromatic heterocycles.